The standard InChI is InChI=1S/C11H17NO2S/c1-7-5-8(2)14-9-10(13)12-3-4-15-11(9,12)6-7/h7-9H,3-6H2,1-2H3/t7-,8-,9-,11+/m0/s1. The van der Waals surface area contributed by atoms with Crippen molar-refractivity contribution in [2.24, 2.45) is 5.92 Å². The number of hydrogen-bond donors (Lipinski definition) is 0. The van der Waals surface area contributed by atoms with E-state index in [0.29, 0.717) is 5.92 Å². The van der Waals surface area contributed by atoms with Crippen LogP contribution in [0.4, 0.5) is 0 Å². The molecule has 0 N–H and O–H groups in total. The molecule has 4 atom stereocenters. The third-order valence-corrected chi connectivity index (χ3v) is 5.26. The summed E-state index contributed by atoms with van der Waals surface area (Å²) in [5.41, 5.74) is 0. The predicted octanol–water partition coefficient (Wildman–Crippen LogP) is 1.48. The second-order valence-electron chi connectivity index (χ2n) is 5.05. The average molecular weight is 227 g/mol. The van der Waals surface area contributed by atoms with E-state index in [-0.39, 0.29) is 23.0 Å². The van der Waals surface area contributed by atoms with Crippen molar-refractivity contribution in [3.05, 3.63) is 0 Å². The van der Waals surface area contributed by atoms with Crippen molar-refractivity contribution >= 4 is 17.7 Å². The Morgan fingerprint density at radius 1 is 1.53 bits per heavy atom. The lowest BCUT2D eigenvalue weighted by atomic mass is 9.88. The first-order chi connectivity index (χ1) is 7.13. The summed E-state index contributed by atoms with van der Waals surface area (Å²) in [4.78, 5) is 13.9. The number of carbonyl (C=O) groups is 1. The molecule has 15 heavy (non-hydrogen) atoms. The van der Waals surface area contributed by atoms with Gasteiger partial charge in [-0.2, -0.15) is 0 Å². The van der Waals surface area contributed by atoms with Gasteiger partial charge >= 0.3 is 0 Å². The molecule has 0 bridgehead atoms. The Kier molecular flexibility index (Phi) is 2.09. The van der Waals surface area contributed by atoms with Gasteiger partial charge in [0.2, 0.25) is 0 Å². The van der Waals surface area contributed by atoms with Crippen LogP contribution in [0.1, 0.15) is 26.7 Å². The molecule has 3 aliphatic heterocycles. The molecule has 84 valence electrons. The first kappa shape index (κ1) is 9.97. The molecule has 0 radical (unpaired) electrons. The van der Waals surface area contributed by atoms with Gasteiger partial charge in [-0.25, -0.2) is 0 Å². The van der Waals surface area contributed by atoms with Crippen LogP contribution in [0.2, 0.25) is 0 Å². The zero-order chi connectivity index (χ0) is 10.6. The summed E-state index contributed by atoms with van der Waals surface area (Å²) in [7, 11) is 0. The zero-order valence-electron chi connectivity index (χ0n) is 9.23. The number of ether oxygens (including phenoxy) is 1. The highest BCUT2D eigenvalue weighted by atomic mass is 32.2. The Hall–Kier alpha value is -0.220. The monoisotopic (exact) mass is 227 g/mol. The summed E-state index contributed by atoms with van der Waals surface area (Å²) in [5, 5.41) is 0. The van der Waals surface area contributed by atoms with Crippen LogP contribution in [-0.4, -0.2) is 40.2 Å². The lowest BCUT2D eigenvalue weighted by Gasteiger charge is -2.52. The summed E-state index contributed by atoms with van der Waals surface area (Å²) < 4.78 is 5.89. The Morgan fingerprint density at radius 2 is 2.33 bits per heavy atom. The van der Waals surface area contributed by atoms with Gasteiger partial charge < -0.3 is 9.64 Å². The van der Waals surface area contributed by atoms with Gasteiger partial charge in [0.1, 0.15) is 4.87 Å². The molecule has 0 aliphatic carbocycles. The molecule has 0 unspecified atom stereocenters. The second-order valence-corrected chi connectivity index (χ2v) is 6.46. The summed E-state index contributed by atoms with van der Waals surface area (Å²) in [5.74, 6) is 1.96. The number of amides is 1. The number of thioether (sulfide) groups is 1. The van der Waals surface area contributed by atoms with Crippen LogP contribution < -0.4 is 0 Å². The Morgan fingerprint density at radius 3 is 3.13 bits per heavy atom. The summed E-state index contributed by atoms with van der Waals surface area (Å²) >= 11 is 1.93. The molecule has 3 nitrogen and oxygen atoms in total. The minimum absolute atomic E-state index is 0.0151. The molecular weight excluding hydrogens is 210 g/mol. The van der Waals surface area contributed by atoms with Crippen LogP contribution in [-0.2, 0) is 9.53 Å². The molecule has 1 amide bonds. The van der Waals surface area contributed by atoms with Crippen LogP contribution in [0.5, 0.6) is 0 Å². The van der Waals surface area contributed by atoms with Crippen molar-refractivity contribution in [3.8, 4) is 0 Å². The molecule has 0 aromatic rings. The molecule has 3 aliphatic rings. The third-order valence-electron chi connectivity index (χ3n) is 3.77. The smallest absolute Gasteiger partial charge is 0.256 e. The van der Waals surface area contributed by atoms with E-state index in [2.05, 4.69) is 13.8 Å². The summed E-state index contributed by atoms with van der Waals surface area (Å²) in [6, 6.07) is 0. The van der Waals surface area contributed by atoms with E-state index >= 15 is 0 Å². The third kappa shape index (κ3) is 1.21. The first-order valence-corrected chi connectivity index (χ1v) is 6.73. The van der Waals surface area contributed by atoms with E-state index in [1.54, 1.807) is 0 Å². The molecule has 0 saturated carbocycles. The van der Waals surface area contributed by atoms with Gasteiger partial charge in [0.05, 0.1) is 6.10 Å². The quantitative estimate of drug-likeness (QED) is 0.587. The molecule has 1 spiro atoms. The Bertz CT molecular complexity index is 309. The van der Waals surface area contributed by atoms with E-state index in [1.807, 2.05) is 16.7 Å². The van der Waals surface area contributed by atoms with Crippen molar-refractivity contribution in [1.82, 2.24) is 4.90 Å². The number of β-lactam (4-membered cyclic amide) rings is 1. The van der Waals surface area contributed by atoms with Crippen molar-refractivity contribution < 1.29 is 9.53 Å². The lowest BCUT2D eigenvalue weighted by Crippen LogP contribution is -2.70. The van der Waals surface area contributed by atoms with Crippen molar-refractivity contribution in [1.29, 1.82) is 0 Å². The van der Waals surface area contributed by atoms with E-state index in [9.17, 15) is 4.79 Å². The van der Waals surface area contributed by atoms with Crippen molar-refractivity contribution in [3.63, 3.8) is 0 Å². The molecule has 3 fully saturated rings. The SMILES string of the molecule is C[C@H]1C[C@H](C)O[C@H]2C(=O)N3CCS[C@]23C1. The molecule has 0 aromatic heterocycles. The normalized spacial score (nSPS) is 49.3. The summed E-state index contributed by atoms with van der Waals surface area (Å²) in [6.07, 6.45) is 2.28. The van der Waals surface area contributed by atoms with Gasteiger partial charge in [-0.3, -0.25) is 4.79 Å². The van der Waals surface area contributed by atoms with E-state index in [4.69, 9.17) is 4.74 Å². The highest BCUT2D eigenvalue weighted by molar-refractivity contribution is 8.01. The maximum Gasteiger partial charge on any atom is 0.256 e. The van der Waals surface area contributed by atoms with Gasteiger partial charge in [0.15, 0.2) is 6.10 Å². The molecule has 3 saturated heterocycles. The average Bonchev–Trinajstić information content (AvgIpc) is 2.48. The van der Waals surface area contributed by atoms with Crippen LogP contribution in [0.15, 0.2) is 0 Å². The van der Waals surface area contributed by atoms with Gasteiger partial charge in [0, 0.05) is 12.3 Å². The van der Waals surface area contributed by atoms with E-state index < -0.39 is 0 Å². The van der Waals surface area contributed by atoms with Crippen LogP contribution >= 0.6 is 11.8 Å². The minimum atomic E-state index is -0.148. The largest absolute Gasteiger partial charge is 0.362 e. The van der Waals surface area contributed by atoms with E-state index in [0.717, 1.165) is 25.1 Å². The fourth-order valence-electron chi connectivity index (χ4n) is 3.24. The lowest BCUT2D eigenvalue weighted by molar-refractivity contribution is -0.180. The Labute approximate surface area is 94.5 Å². The number of hydrogen-bond acceptors (Lipinski definition) is 3. The fraction of sp³-hybridized carbons (Fsp3) is 0.909. The Balaban J connectivity index is 1.92. The maximum absolute atomic E-state index is 11.9. The number of nitrogens with zero attached hydrogens (tertiary/aromatic N) is 1. The molecular formula is C11H17NO2S. The zero-order valence-corrected chi connectivity index (χ0v) is 10.0. The number of carbonyl (C=O) groups excluding carboxylic acids is 1. The molecule has 3 rings (SSSR count). The predicted molar refractivity (Wildman–Crippen MR) is 59.6 cm³/mol. The van der Waals surface area contributed by atoms with E-state index in [1.165, 1.54) is 0 Å². The fourth-order valence-corrected chi connectivity index (χ4v) is 4.92. The topological polar surface area (TPSA) is 29.5 Å². The maximum atomic E-state index is 11.9. The molecule has 0 aromatic carbocycles. The van der Waals surface area contributed by atoms with Gasteiger partial charge in [0.25, 0.3) is 5.91 Å². The number of rotatable bonds is 0. The van der Waals surface area contributed by atoms with Crippen molar-refractivity contribution in [2.45, 2.75) is 43.8 Å². The van der Waals surface area contributed by atoms with Crippen molar-refractivity contribution in [2.75, 3.05) is 12.3 Å². The first-order valence-electron chi connectivity index (χ1n) is 5.74. The highest BCUT2D eigenvalue weighted by Gasteiger charge is 2.65. The molecule has 4 heteroatoms. The molecule has 3 heterocycles. The second kappa shape index (κ2) is 3.14. The van der Waals surface area contributed by atoms with Gasteiger partial charge in [-0.15, -0.1) is 11.8 Å². The van der Waals surface area contributed by atoms with Gasteiger partial charge in [-0.1, -0.05) is 6.92 Å². The minimum Gasteiger partial charge on any atom is -0.362 e. The van der Waals surface area contributed by atoms with Crippen LogP contribution in [0.3, 0.4) is 0 Å². The summed E-state index contributed by atoms with van der Waals surface area (Å²) in [6.45, 7) is 5.28. The van der Waals surface area contributed by atoms with Crippen LogP contribution in [0, 0.1) is 5.92 Å². The highest BCUT2D eigenvalue weighted by Crippen LogP contribution is 2.54. The van der Waals surface area contributed by atoms with Crippen LogP contribution in [0.25, 0.3) is 0 Å². The van der Waals surface area contributed by atoms with Gasteiger partial charge in [-0.05, 0) is 25.7 Å².